The minimum absolute atomic E-state index is 0. The number of ether oxygens (including phenoxy) is 2. The summed E-state index contributed by atoms with van der Waals surface area (Å²) >= 11 is 0. The molecule has 0 aliphatic carbocycles. The van der Waals surface area contributed by atoms with Gasteiger partial charge < -0.3 is 20.1 Å². The summed E-state index contributed by atoms with van der Waals surface area (Å²) < 4.78 is 38.0. The first kappa shape index (κ1) is 22.9. The Kier molecular flexibility index (Phi) is 7.33. The van der Waals surface area contributed by atoms with Crippen LogP contribution in [-0.2, 0) is 14.8 Å². The van der Waals surface area contributed by atoms with Gasteiger partial charge in [-0.15, -0.1) is 12.4 Å². The fourth-order valence-electron chi connectivity index (χ4n) is 3.48. The molecule has 0 saturated carbocycles. The highest BCUT2D eigenvalue weighted by atomic mass is 35.5. The molecule has 0 aromatic heterocycles. The molecule has 1 unspecified atom stereocenters. The van der Waals surface area contributed by atoms with Crippen LogP contribution in [0.4, 0.5) is 0 Å². The van der Waals surface area contributed by atoms with Gasteiger partial charge in [-0.25, -0.2) is 8.42 Å². The first-order chi connectivity index (χ1) is 12.8. The summed E-state index contributed by atoms with van der Waals surface area (Å²) in [5, 5.41) is 0. The van der Waals surface area contributed by atoms with Gasteiger partial charge in [0, 0.05) is 31.7 Å². The second-order valence-electron chi connectivity index (χ2n) is 7.37. The predicted octanol–water partition coefficient (Wildman–Crippen LogP) is 0.949. The van der Waals surface area contributed by atoms with Crippen LogP contribution in [-0.4, -0.2) is 76.6 Å². The maximum absolute atomic E-state index is 13.1. The van der Waals surface area contributed by atoms with Crippen molar-refractivity contribution in [3.8, 4) is 5.75 Å². The fraction of sp³-hybridized carbons (Fsp3) is 0.611. The second-order valence-corrected chi connectivity index (χ2v) is 9.28. The molecule has 0 radical (unpaired) electrons. The van der Waals surface area contributed by atoms with E-state index in [9.17, 15) is 13.2 Å². The van der Waals surface area contributed by atoms with E-state index in [1.54, 1.807) is 17.0 Å². The molecule has 28 heavy (non-hydrogen) atoms. The predicted molar refractivity (Wildman–Crippen MR) is 108 cm³/mol. The van der Waals surface area contributed by atoms with E-state index in [-0.39, 0.29) is 47.5 Å². The normalized spacial score (nSPS) is 23.3. The van der Waals surface area contributed by atoms with E-state index in [4.69, 9.17) is 15.2 Å². The molecule has 1 aromatic rings. The zero-order valence-electron chi connectivity index (χ0n) is 16.2. The van der Waals surface area contributed by atoms with Crippen LogP contribution in [0.5, 0.6) is 5.75 Å². The summed E-state index contributed by atoms with van der Waals surface area (Å²) in [5.41, 5.74) is 6.07. The number of methoxy groups -OCH3 is 1. The molecule has 2 N–H and O–H groups in total. The number of hydrogen-bond acceptors (Lipinski definition) is 6. The maximum Gasteiger partial charge on any atom is 0.253 e. The molecule has 8 nitrogen and oxygen atoms in total. The van der Waals surface area contributed by atoms with Crippen LogP contribution in [0.15, 0.2) is 23.1 Å². The van der Waals surface area contributed by atoms with Crippen molar-refractivity contribution in [2.24, 2.45) is 11.1 Å². The molecule has 2 saturated heterocycles. The quantitative estimate of drug-likeness (QED) is 0.741. The number of nitrogens with two attached hydrogens (primary N) is 1. The van der Waals surface area contributed by atoms with Gasteiger partial charge >= 0.3 is 0 Å². The number of likely N-dealkylation sites (tertiary alicyclic amines) is 1. The van der Waals surface area contributed by atoms with Crippen molar-refractivity contribution in [3.63, 3.8) is 0 Å². The zero-order chi connectivity index (χ0) is 19.7. The molecular weight excluding hydrogens is 406 g/mol. The van der Waals surface area contributed by atoms with Gasteiger partial charge in [0.1, 0.15) is 10.6 Å². The molecule has 2 aliphatic rings. The number of morpholine rings is 1. The van der Waals surface area contributed by atoms with E-state index in [0.29, 0.717) is 38.4 Å². The van der Waals surface area contributed by atoms with E-state index in [1.165, 1.54) is 17.5 Å². The molecule has 2 aliphatic heterocycles. The number of hydrogen-bond donors (Lipinski definition) is 1. The van der Waals surface area contributed by atoms with E-state index in [0.717, 1.165) is 6.42 Å². The summed E-state index contributed by atoms with van der Waals surface area (Å²) in [5.74, 6) is 0.0412. The van der Waals surface area contributed by atoms with Crippen molar-refractivity contribution in [1.82, 2.24) is 9.21 Å². The number of halogens is 1. The molecule has 0 bridgehead atoms. The molecule has 10 heteroatoms. The third kappa shape index (κ3) is 4.44. The van der Waals surface area contributed by atoms with Gasteiger partial charge in [-0.3, -0.25) is 4.79 Å². The molecular formula is C18H28ClN3O5S. The molecule has 1 amide bonds. The Labute approximate surface area is 172 Å². The van der Waals surface area contributed by atoms with E-state index in [2.05, 4.69) is 6.92 Å². The average molecular weight is 434 g/mol. The van der Waals surface area contributed by atoms with Gasteiger partial charge in [0.15, 0.2) is 0 Å². The van der Waals surface area contributed by atoms with Crippen molar-refractivity contribution in [2.45, 2.75) is 18.2 Å². The minimum Gasteiger partial charge on any atom is -0.495 e. The molecule has 1 aromatic carbocycles. The Hall–Kier alpha value is -1.39. The van der Waals surface area contributed by atoms with Gasteiger partial charge in [-0.1, -0.05) is 6.92 Å². The topological polar surface area (TPSA) is 102 Å². The van der Waals surface area contributed by atoms with E-state index < -0.39 is 10.0 Å². The lowest BCUT2D eigenvalue weighted by molar-refractivity contribution is 0.0729. The van der Waals surface area contributed by atoms with Crippen molar-refractivity contribution in [2.75, 3.05) is 53.0 Å². The highest BCUT2D eigenvalue weighted by Gasteiger charge is 2.36. The highest BCUT2D eigenvalue weighted by molar-refractivity contribution is 7.89. The number of nitrogens with zero attached hydrogens (tertiary/aromatic N) is 2. The smallest absolute Gasteiger partial charge is 0.253 e. The SMILES string of the molecule is COc1ccc(C(=O)N2CCC(C)(CN)C2)cc1S(=O)(=O)N1CCOCC1.Cl. The molecule has 158 valence electrons. The average Bonchev–Trinajstić information content (AvgIpc) is 3.10. The van der Waals surface area contributed by atoms with Crippen molar-refractivity contribution in [1.29, 1.82) is 0 Å². The molecule has 2 heterocycles. The Balaban J connectivity index is 0.00000280. The maximum atomic E-state index is 13.1. The monoisotopic (exact) mass is 433 g/mol. The standard InChI is InChI=1S/C18H27N3O5S.ClH/c1-18(12-19)5-6-20(13-18)17(22)14-3-4-15(25-2)16(11-14)27(23,24)21-7-9-26-10-8-21;/h3-4,11H,5-10,12-13,19H2,1-2H3;1H. The number of carbonyl (C=O) groups excluding carboxylic acids is 1. The first-order valence-corrected chi connectivity index (χ1v) is 10.5. The van der Waals surface area contributed by atoms with Gasteiger partial charge in [-0.2, -0.15) is 4.31 Å². The van der Waals surface area contributed by atoms with Gasteiger partial charge in [0.05, 0.1) is 20.3 Å². The third-order valence-corrected chi connectivity index (χ3v) is 7.26. The van der Waals surface area contributed by atoms with Crippen LogP contribution < -0.4 is 10.5 Å². The third-order valence-electron chi connectivity index (χ3n) is 5.34. The summed E-state index contributed by atoms with van der Waals surface area (Å²) in [6.45, 7) is 5.02. The number of benzene rings is 1. The number of amides is 1. The molecule has 1 atom stereocenters. The first-order valence-electron chi connectivity index (χ1n) is 9.06. The lowest BCUT2D eigenvalue weighted by Crippen LogP contribution is -2.40. The Morgan fingerprint density at radius 1 is 1.29 bits per heavy atom. The number of rotatable bonds is 5. The van der Waals surface area contributed by atoms with Crippen molar-refractivity contribution < 1.29 is 22.7 Å². The van der Waals surface area contributed by atoms with E-state index >= 15 is 0 Å². The lowest BCUT2D eigenvalue weighted by Gasteiger charge is -2.27. The Morgan fingerprint density at radius 3 is 2.54 bits per heavy atom. The summed E-state index contributed by atoms with van der Waals surface area (Å²) in [4.78, 5) is 14.7. The van der Waals surface area contributed by atoms with Crippen LogP contribution in [0.3, 0.4) is 0 Å². The van der Waals surface area contributed by atoms with Crippen LogP contribution >= 0.6 is 12.4 Å². The zero-order valence-corrected chi connectivity index (χ0v) is 17.9. The highest BCUT2D eigenvalue weighted by Crippen LogP contribution is 2.32. The Morgan fingerprint density at radius 2 is 1.96 bits per heavy atom. The number of sulfonamides is 1. The fourth-order valence-corrected chi connectivity index (χ4v) is 5.07. The van der Waals surface area contributed by atoms with Crippen LogP contribution in [0.25, 0.3) is 0 Å². The summed E-state index contributed by atoms with van der Waals surface area (Å²) in [6.07, 6.45) is 0.838. The van der Waals surface area contributed by atoms with Crippen LogP contribution in [0, 0.1) is 5.41 Å². The van der Waals surface area contributed by atoms with Gasteiger partial charge in [0.25, 0.3) is 5.91 Å². The largest absolute Gasteiger partial charge is 0.495 e. The van der Waals surface area contributed by atoms with Crippen LogP contribution in [0.2, 0.25) is 0 Å². The molecule has 0 spiro atoms. The van der Waals surface area contributed by atoms with Crippen molar-refractivity contribution in [3.05, 3.63) is 23.8 Å². The molecule has 3 rings (SSSR count). The summed E-state index contributed by atoms with van der Waals surface area (Å²) in [6, 6.07) is 4.57. The van der Waals surface area contributed by atoms with Crippen molar-refractivity contribution >= 4 is 28.3 Å². The van der Waals surface area contributed by atoms with Crippen LogP contribution in [0.1, 0.15) is 23.7 Å². The van der Waals surface area contributed by atoms with E-state index in [1.807, 2.05) is 0 Å². The second kappa shape index (κ2) is 8.96. The number of carbonyl (C=O) groups is 1. The minimum atomic E-state index is -3.77. The van der Waals surface area contributed by atoms with Gasteiger partial charge in [0.2, 0.25) is 10.0 Å². The molecule has 2 fully saturated rings. The van der Waals surface area contributed by atoms with Gasteiger partial charge in [-0.05, 0) is 36.6 Å². The Bertz CT molecular complexity index is 813. The summed E-state index contributed by atoms with van der Waals surface area (Å²) in [7, 11) is -2.36. The lowest BCUT2D eigenvalue weighted by atomic mass is 9.90.